The average Bonchev–Trinajstić information content (AvgIpc) is 2.74. The summed E-state index contributed by atoms with van der Waals surface area (Å²) in [6.07, 6.45) is 7.86. The summed E-state index contributed by atoms with van der Waals surface area (Å²) >= 11 is 0. The van der Waals surface area contributed by atoms with Crippen LogP contribution in [0, 0.1) is 40.9 Å². The van der Waals surface area contributed by atoms with Crippen LogP contribution in [0.3, 0.4) is 0 Å². The predicted molar refractivity (Wildman–Crippen MR) is 108 cm³/mol. The van der Waals surface area contributed by atoms with E-state index in [9.17, 15) is 26.7 Å². The third-order valence-electron chi connectivity index (χ3n) is 5.81. The topological polar surface area (TPSA) is 35.5 Å². The van der Waals surface area contributed by atoms with Crippen molar-refractivity contribution in [3.8, 4) is 11.5 Å². The van der Waals surface area contributed by atoms with Gasteiger partial charge in [-0.25, -0.2) is 26.7 Å². The van der Waals surface area contributed by atoms with Gasteiger partial charge in [-0.05, 0) is 24.7 Å². The molecule has 1 fully saturated rings. The molecule has 0 aliphatic heterocycles. The van der Waals surface area contributed by atoms with Crippen LogP contribution in [0.25, 0.3) is 0 Å². The summed E-state index contributed by atoms with van der Waals surface area (Å²) in [5.74, 6) is -8.70. The lowest BCUT2D eigenvalue weighted by Gasteiger charge is -2.28. The minimum atomic E-state index is -1.75. The van der Waals surface area contributed by atoms with Crippen molar-refractivity contribution in [1.82, 2.24) is 0 Å². The van der Waals surface area contributed by atoms with E-state index in [0.29, 0.717) is 24.7 Å². The van der Waals surface area contributed by atoms with E-state index in [1.54, 1.807) is 0 Å². The molecule has 1 saturated carbocycles. The highest BCUT2D eigenvalue weighted by atomic mass is 19.2. The predicted octanol–water partition coefficient (Wildman–Crippen LogP) is 6.98. The van der Waals surface area contributed by atoms with E-state index in [1.807, 2.05) is 0 Å². The Kier molecular flexibility index (Phi) is 8.10. The lowest BCUT2D eigenvalue weighted by atomic mass is 9.80. The molecule has 3 rings (SSSR count). The lowest BCUT2D eigenvalue weighted by Crippen LogP contribution is -2.20. The highest BCUT2D eigenvalue weighted by Crippen LogP contribution is 2.32. The molecule has 0 unspecified atom stereocenters. The molecule has 0 aromatic heterocycles. The quantitative estimate of drug-likeness (QED) is 0.186. The van der Waals surface area contributed by atoms with Crippen molar-refractivity contribution in [3.05, 3.63) is 58.9 Å². The summed E-state index contributed by atoms with van der Waals surface area (Å²) in [5, 5.41) is 0. The number of ether oxygens (including phenoxy) is 2. The fourth-order valence-corrected chi connectivity index (χ4v) is 3.97. The fourth-order valence-electron chi connectivity index (χ4n) is 3.97. The van der Waals surface area contributed by atoms with E-state index in [2.05, 4.69) is 11.7 Å². The van der Waals surface area contributed by atoms with Crippen molar-refractivity contribution >= 4 is 5.97 Å². The summed E-state index contributed by atoms with van der Waals surface area (Å²) in [6, 6.07) is 2.53. The van der Waals surface area contributed by atoms with Gasteiger partial charge < -0.3 is 9.47 Å². The fraction of sp³-hybridized carbons (Fsp3) is 0.458. The number of hydrogen-bond donors (Lipinski definition) is 0. The maximum absolute atomic E-state index is 14.4. The van der Waals surface area contributed by atoms with Gasteiger partial charge in [0.1, 0.15) is 28.7 Å². The maximum Gasteiger partial charge on any atom is 0.349 e. The minimum Gasteiger partial charge on any atom is -0.493 e. The normalized spacial score (nSPS) is 18.4. The molecule has 3 nitrogen and oxygen atoms in total. The van der Waals surface area contributed by atoms with E-state index < -0.39 is 46.4 Å². The zero-order valence-electron chi connectivity index (χ0n) is 17.7. The Hall–Kier alpha value is -2.64. The van der Waals surface area contributed by atoms with Crippen LogP contribution < -0.4 is 9.47 Å². The molecule has 1 aliphatic carbocycles. The summed E-state index contributed by atoms with van der Waals surface area (Å²) in [4.78, 5) is 12.1. The van der Waals surface area contributed by atoms with Gasteiger partial charge in [-0.15, -0.1) is 0 Å². The van der Waals surface area contributed by atoms with Crippen molar-refractivity contribution in [3.63, 3.8) is 0 Å². The van der Waals surface area contributed by atoms with E-state index in [4.69, 9.17) is 4.74 Å². The van der Waals surface area contributed by atoms with E-state index in [1.165, 1.54) is 19.3 Å². The Morgan fingerprint density at radius 3 is 1.94 bits per heavy atom. The maximum atomic E-state index is 14.4. The van der Waals surface area contributed by atoms with E-state index in [-0.39, 0.29) is 5.75 Å². The van der Waals surface area contributed by atoms with Crippen LogP contribution in [0.4, 0.5) is 22.0 Å². The third kappa shape index (κ3) is 5.99. The first-order chi connectivity index (χ1) is 15.3. The highest BCUT2D eigenvalue weighted by Gasteiger charge is 2.24. The van der Waals surface area contributed by atoms with Crippen LogP contribution in [-0.2, 0) is 0 Å². The van der Waals surface area contributed by atoms with Crippen molar-refractivity contribution in [2.24, 2.45) is 11.8 Å². The Bertz CT molecular complexity index is 909. The summed E-state index contributed by atoms with van der Waals surface area (Å²) in [5.41, 5.74) is -1.04. The minimum absolute atomic E-state index is 0.0662. The monoisotopic (exact) mass is 456 g/mol. The van der Waals surface area contributed by atoms with E-state index in [0.717, 1.165) is 43.7 Å². The molecule has 0 heterocycles. The number of carbonyl (C=O) groups excluding carboxylic acids is 1. The lowest BCUT2D eigenvalue weighted by molar-refractivity contribution is 0.0723. The van der Waals surface area contributed by atoms with Gasteiger partial charge in [0.15, 0.2) is 17.5 Å². The molecule has 8 heteroatoms. The second-order valence-corrected chi connectivity index (χ2v) is 8.19. The number of esters is 1. The molecule has 0 N–H and O–H groups in total. The van der Waals surface area contributed by atoms with Gasteiger partial charge >= 0.3 is 5.97 Å². The third-order valence-corrected chi connectivity index (χ3v) is 5.81. The summed E-state index contributed by atoms with van der Waals surface area (Å²) < 4.78 is 78.4. The zero-order chi connectivity index (χ0) is 23.3. The molecule has 0 spiro atoms. The Morgan fingerprint density at radius 1 is 0.844 bits per heavy atom. The largest absolute Gasteiger partial charge is 0.493 e. The summed E-state index contributed by atoms with van der Waals surface area (Å²) in [7, 11) is 0. The van der Waals surface area contributed by atoms with Gasteiger partial charge in [-0.2, -0.15) is 0 Å². The van der Waals surface area contributed by atoms with Gasteiger partial charge in [0, 0.05) is 24.3 Å². The Labute approximate surface area is 183 Å². The van der Waals surface area contributed by atoms with Crippen LogP contribution in [0.1, 0.15) is 62.2 Å². The molecule has 2 aromatic carbocycles. The summed E-state index contributed by atoms with van der Waals surface area (Å²) in [6.45, 7) is 2.49. The molecule has 0 atom stereocenters. The van der Waals surface area contributed by atoms with Crippen LogP contribution in [-0.4, -0.2) is 12.6 Å². The van der Waals surface area contributed by atoms with Gasteiger partial charge in [-0.1, -0.05) is 39.0 Å². The molecule has 0 saturated heterocycles. The smallest absolute Gasteiger partial charge is 0.349 e. The highest BCUT2D eigenvalue weighted by molar-refractivity contribution is 5.91. The molecule has 0 amide bonds. The van der Waals surface area contributed by atoms with Gasteiger partial charge in [0.25, 0.3) is 0 Å². The first-order valence-corrected chi connectivity index (χ1v) is 10.8. The number of carbonyl (C=O) groups is 1. The number of halogens is 5. The standard InChI is InChI=1S/C24H25F5O3/c1-2-3-4-14-5-7-15(8-6-14)13-31-16-9-18(25)22(19(26)10-16)24(30)32-17-11-20(27)23(29)21(28)12-17/h9-12,14-15H,2-8,13H2,1H3/t14-,15-. The van der Waals surface area contributed by atoms with Crippen LogP contribution in [0.2, 0.25) is 0 Å². The number of hydrogen-bond acceptors (Lipinski definition) is 3. The molecule has 2 aromatic rings. The first kappa shape index (κ1) is 24.0. The van der Waals surface area contributed by atoms with Crippen molar-refractivity contribution < 1.29 is 36.2 Å². The molecular weight excluding hydrogens is 431 g/mol. The van der Waals surface area contributed by atoms with Crippen molar-refractivity contribution in [1.29, 1.82) is 0 Å². The van der Waals surface area contributed by atoms with Gasteiger partial charge in [0.05, 0.1) is 6.61 Å². The second-order valence-electron chi connectivity index (χ2n) is 8.19. The van der Waals surface area contributed by atoms with E-state index >= 15 is 0 Å². The number of benzene rings is 2. The first-order valence-electron chi connectivity index (χ1n) is 10.8. The molecule has 0 radical (unpaired) electrons. The van der Waals surface area contributed by atoms with Crippen LogP contribution >= 0.6 is 0 Å². The molecule has 0 bridgehead atoms. The van der Waals surface area contributed by atoms with Crippen molar-refractivity contribution in [2.45, 2.75) is 51.9 Å². The molecular formula is C24H25F5O3. The van der Waals surface area contributed by atoms with Crippen LogP contribution in [0.5, 0.6) is 11.5 Å². The van der Waals surface area contributed by atoms with Crippen molar-refractivity contribution in [2.75, 3.05) is 6.61 Å². The SMILES string of the molecule is CCCC[C@H]1CC[C@H](COc2cc(F)c(C(=O)Oc3cc(F)c(F)c(F)c3)c(F)c2)CC1. The number of rotatable bonds is 8. The average molecular weight is 456 g/mol. The zero-order valence-corrected chi connectivity index (χ0v) is 17.7. The van der Waals surface area contributed by atoms with Gasteiger partial charge in [0.2, 0.25) is 0 Å². The Morgan fingerprint density at radius 2 is 1.38 bits per heavy atom. The molecule has 174 valence electrons. The van der Waals surface area contributed by atoms with Crippen LogP contribution in [0.15, 0.2) is 24.3 Å². The number of unbranched alkanes of at least 4 members (excludes halogenated alkanes) is 1. The van der Waals surface area contributed by atoms with Gasteiger partial charge in [-0.3, -0.25) is 0 Å². The second kappa shape index (κ2) is 10.8. The Balaban J connectivity index is 1.60. The molecule has 1 aliphatic rings. The molecule has 32 heavy (non-hydrogen) atoms.